The molecule has 0 atom stereocenters. The van der Waals surface area contributed by atoms with E-state index < -0.39 is 11.7 Å². The van der Waals surface area contributed by atoms with Gasteiger partial charge in [0.05, 0.1) is 11.9 Å². The monoisotopic (exact) mass is 288 g/mol. The van der Waals surface area contributed by atoms with Gasteiger partial charge in [-0.15, -0.1) is 0 Å². The van der Waals surface area contributed by atoms with Gasteiger partial charge in [-0.25, -0.2) is 9.78 Å². The maximum Gasteiger partial charge on any atom is 0.413 e. The van der Waals surface area contributed by atoms with Crippen molar-refractivity contribution >= 4 is 17.6 Å². The van der Waals surface area contributed by atoms with Crippen molar-refractivity contribution < 1.29 is 9.53 Å². The van der Waals surface area contributed by atoms with Crippen LogP contribution in [0.2, 0.25) is 0 Å². The van der Waals surface area contributed by atoms with E-state index in [0.717, 1.165) is 11.3 Å². The summed E-state index contributed by atoms with van der Waals surface area (Å²) >= 11 is 0. The maximum absolute atomic E-state index is 11.6. The molecule has 0 aliphatic rings. The van der Waals surface area contributed by atoms with Gasteiger partial charge in [0.25, 0.3) is 0 Å². The summed E-state index contributed by atoms with van der Waals surface area (Å²) in [6.45, 7) is 6.15. The molecule has 2 heterocycles. The number of carbonyl (C=O) groups is 1. The number of nitrogens with zero attached hydrogens (tertiary/aromatic N) is 1. The third kappa shape index (κ3) is 5.18. The molecule has 0 fully saturated rings. The molecule has 0 bridgehead atoms. The van der Waals surface area contributed by atoms with Crippen molar-refractivity contribution in [2.24, 2.45) is 0 Å². The van der Waals surface area contributed by atoms with Gasteiger partial charge in [-0.3, -0.25) is 5.32 Å². The Labute approximate surface area is 123 Å². The molecule has 0 aliphatic heterocycles. The molecule has 2 aromatic heterocycles. The molecule has 1 amide bonds. The molecule has 0 spiro atoms. The molecular weight excluding hydrogens is 268 g/mol. The maximum atomic E-state index is 11.6. The number of carbonyl (C=O) groups excluding carboxylic acids is 1. The number of pyridine rings is 1. The van der Waals surface area contributed by atoms with Crippen molar-refractivity contribution in [3.05, 3.63) is 42.4 Å². The quantitative estimate of drug-likeness (QED) is 0.806. The van der Waals surface area contributed by atoms with Gasteiger partial charge in [-0.2, -0.15) is 0 Å². The molecule has 21 heavy (non-hydrogen) atoms. The second kappa shape index (κ2) is 6.30. The van der Waals surface area contributed by atoms with Gasteiger partial charge >= 0.3 is 6.09 Å². The average molecular weight is 288 g/mol. The minimum absolute atomic E-state index is 0.455. The topological polar surface area (TPSA) is 79.0 Å². The predicted octanol–water partition coefficient (Wildman–Crippen LogP) is 3.37. The van der Waals surface area contributed by atoms with Gasteiger partial charge in [0, 0.05) is 18.9 Å². The van der Waals surface area contributed by atoms with Crippen LogP contribution in [0.5, 0.6) is 0 Å². The molecule has 6 nitrogen and oxygen atoms in total. The normalized spacial score (nSPS) is 11.0. The smallest absolute Gasteiger partial charge is 0.413 e. The molecule has 0 saturated carbocycles. The molecule has 0 saturated heterocycles. The fourth-order valence-corrected chi connectivity index (χ4v) is 1.65. The molecule has 2 rings (SSSR count). The SMILES string of the molecule is CC(C)(C)OC(=O)Nc1ccc(NCc2cc[nH]c2)cn1. The number of H-pyrrole nitrogens is 1. The Morgan fingerprint density at radius 1 is 1.33 bits per heavy atom. The lowest BCUT2D eigenvalue weighted by molar-refractivity contribution is 0.0635. The number of hydrogen-bond acceptors (Lipinski definition) is 4. The van der Waals surface area contributed by atoms with Crippen LogP contribution in [-0.2, 0) is 11.3 Å². The summed E-state index contributed by atoms with van der Waals surface area (Å²) in [6, 6.07) is 5.58. The van der Waals surface area contributed by atoms with E-state index >= 15 is 0 Å². The summed E-state index contributed by atoms with van der Waals surface area (Å²) in [7, 11) is 0. The zero-order chi connectivity index (χ0) is 15.3. The van der Waals surface area contributed by atoms with Gasteiger partial charge in [-0.05, 0) is 44.5 Å². The first-order valence-electron chi connectivity index (χ1n) is 6.74. The minimum Gasteiger partial charge on any atom is -0.444 e. The van der Waals surface area contributed by atoms with Crippen molar-refractivity contribution in [2.45, 2.75) is 32.9 Å². The van der Waals surface area contributed by atoms with Crippen molar-refractivity contribution in [3.63, 3.8) is 0 Å². The van der Waals surface area contributed by atoms with Crippen LogP contribution in [0.15, 0.2) is 36.8 Å². The van der Waals surface area contributed by atoms with Crippen molar-refractivity contribution in [1.29, 1.82) is 0 Å². The molecule has 2 aromatic rings. The van der Waals surface area contributed by atoms with E-state index in [2.05, 4.69) is 20.6 Å². The zero-order valence-corrected chi connectivity index (χ0v) is 12.4. The largest absolute Gasteiger partial charge is 0.444 e. The van der Waals surface area contributed by atoms with Crippen LogP contribution in [0.3, 0.4) is 0 Å². The summed E-state index contributed by atoms with van der Waals surface area (Å²) in [5, 5.41) is 5.83. The highest BCUT2D eigenvalue weighted by Crippen LogP contribution is 2.13. The third-order valence-electron chi connectivity index (χ3n) is 2.55. The number of amides is 1. The van der Waals surface area contributed by atoms with Crippen LogP contribution >= 0.6 is 0 Å². The first kappa shape index (κ1) is 14.9. The van der Waals surface area contributed by atoms with Crippen molar-refractivity contribution in [1.82, 2.24) is 9.97 Å². The fourth-order valence-electron chi connectivity index (χ4n) is 1.65. The highest BCUT2D eigenvalue weighted by atomic mass is 16.6. The van der Waals surface area contributed by atoms with Crippen molar-refractivity contribution in [2.75, 3.05) is 10.6 Å². The van der Waals surface area contributed by atoms with Gasteiger partial charge in [-0.1, -0.05) is 0 Å². The second-order valence-electron chi connectivity index (χ2n) is 5.63. The predicted molar refractivity (Wildman–Crippen MR) is 82.2 cm³/mol. The molecule has 112 valence electrons. The summed E-state index contributed by atoms with van der Waals surface area (Å²) in [6.07, 6.45) is 4.96. The standard InChI is InChI=1S/C15H20N4O2/c1-15(2,3)21-14(20)19-13-5-4-12(10-18-13)17-9-11-6-7-16-8-11/h4-8,10,16-17H,9H2,1-3H3,(H,18,19,20). The van der Waals surface area contributed by atoms with Crippen LogP contribution in [0, 0.1) is 0 Å². The lowest BCUT2D eigenvalue weighted by Gasteiger charge is -2.19. The average Bonchev–Trinajstić information content (AvgIpc) is 2.89. The van der Waals surface area contributed by atoms with Gasteiger partial charge in [0.2, 0.25) is 0 Å². The molecular formula is C15H20N4O2. The fraction of sp³-hybridized carbons (Fsp3) is 0.333. The lowest BCUT2D eigenvalue weighted by Crippen LogP contribution is -2.27. The summed E-state index contributed by atoms with van der Waals surface area (Å²) in [5.74, 6) is 0.455. The summed E-state index contributed by atoms with van der Waals surface area (Å²) in [4.78, 5) is 18.8. The molecule has 0 aromatic carbocycles. The first-order valence-corrected chi connectivity index (χ1v) is 6.74. The minimum atomic E-state index is -0.526. The highest BCUT2D eigenvalue weighted by molar-refractivity contribution is 5.83. The Kier molecular flexibility index (Phi) is 4.47. The highest BCUT2D eigenvalue weighted by Gasteiger charge is 2.16. The number of ether oxygens (including phenoxy) is 1. The Hall–Kier alpha value is -2.50. The lowest BCUT2D eigenvalue weighted by atomic mass is 10.2. The molecule has 0 radical (unpaired) electrons. The van der Waals surface area contributed by atoms with Crippen LogP contribution in [0.25, 0.3) is 0 Å². The van der Waals surface area contributed by atoms with Gasteiger partial charge in [0.15, 0.2) is 0 Å². The van der Waals surface area contributed by atoms with E-state index in [0.29, 0.717) is 12.4 Å². The summed E-state index contributed by atoms with van der Waals surface area (Å²) < 4.78 is 5.16. The van der Waals surface area contributed by atoms with Crippen LogP contribution in [0.4, 0.5) is 16.3 Å². The molecule has 6 heteroatoms. The molecule has 0 unspecified atom stereocenters. The zero-order valence-electron chi connectivity index (χ0n) is 12.4. The van der Waals surface area contributed by atoms with E-state index in [4.69, 9.17) is 4.74 Å². The Morgan fingerprint density at radius 2 is 2.14 bits per heavy atom. The van der Waals surface area contributed by atoms with Crippen LogP contribution in [-0.4, -0.2) is 21.7 Å². The number of hydrogen-bond donors (Lipinski definition) is 3. The van der Waals surface area contributed by atoms with E-state index in [1.54, 1.807) is 12.3 Å². The Bertz CT molecular complexity index is 571. The molecule has 3 N–H and O–H groups in total. The van der Waals surface area contributed by atoms with Crippen LogP contribution in [0.1, 0.15) is 26.3 Å². The van der Waals surface area contributed by atoms with Crippen LogP contribution < -0.4 is 10.6 Å². The van der Waals surface area contributed by atoms with E-state index in [1.807, 2.05) is 45.3 Å². The third-order valence-corrected chi connectivity index (χ3v) is 2.55. The van der Waals surface area contributed by atoms with Gasteiger partial charge < -0.3 is 15.0 Å². The molecule has 0 aliphatic carbocycles. The number of nitrogens with one attached hydrogen (secondary N) is 3. The number of rotatable bonds is 4. The van der Waals surface area contributed by atoms with E-state index in [9.17, 15) is 4.79 Å². The van der Waals surface area contributed by atoms with Crippen molar-refractivity contribution in [3.8, 4) is 0 Å². The number of anilines is 2. The Morgan fingerprint density at radius 3 is 2.71 bits per heavy atom. The van der Waals surface area contributed by atoms with Gasteiger partial charge in [0.1, 0.15) is 11.4 Å². The number of aromatic amines is 1. The number of aromatic nitrogens is 2. The second-order valence-corrected chi connectivity index (χ2v) is 5.63. The van der Waals surface area contributed by atoms with E-state index in [-0.39, 0.29) is 0 Å². The first-order chi connectivity index (χ1) is 9.92. The van der Waals surface area contributed by atoms with E-state index in [1.165, 1.54) is 0 Å². The Balaban J connectivity index is 1.85. The summed E-state index contributed by atoms with van der Waals surface area (Å²) in [5.41, 5.74) is 1.51.